The van der Waals surface area contributed by atoms with Crippen molar-refractivity contribution in [2.75, 3.05) is 6.61 Å². The molecular weight excluding hydrogens is 496 g/mol. The van der Waals surface area contributed by atoms with Crippen LogP contribution in [0.3, 0.4) is 0 Å². The molecule has 2 aromatic carbocycles. The van der Waals surface area contributed by atoms with Crippen molar-refractivity contribution < 1.29 is 28.7 Å². The number of ether oxygens (including phenoxy) is 2. The predicted molar refractivity (Wildman–Crippen MR) is 147 cm³/mol. The summed E-state index contributed by atoms with van der Waals surface area (Å²) >= 11 is 0. The highest BCUT2D eigenvalue weighted by atomic mass is 16.6. The van der Waals surface area contributed by atoms with Gasteiger partial charge in [-0.2, -0.15) is 0 Å². The summed E-state index contributed by atoms with van der Waals surface area (Å²) in [4.78, 5) is 53.2. The van der Waals surface area contributed by atoms with Gasteiger partial charge in [0.15, 0.2) is 11.9 Å². The largest absolute Gasteiger partial charge is 0.465 e. The van der Waals surface area contributed by atoms with E-state index in [1.165, 1.54) is 5.56 Å². The molecule has 8 heteroatoms. The molecule has 0 radical (unpaired) electrons. The zero-order valence-corrected chi connectivity index (χ0v) is 22.3. The molecule has 1 aliphatic rings. The quantitative estimate of drug-likeness (QED) is 0.314. The standard InChI is InChI=1S/C31H34N2O6/c1-31(2,19-38-28(36)16-21-15-14-20-8-3-4-9-23(20)21)30(26(34)12-7-13-27(32)35)39-29(37)17-22-18-33-25-11-6-5-10-24(22)25/h3-6,8-11,15,18,30,33H,7,12-14,16-17,19H2,1-2H3,(H2,32,35)/t30-/m0/s1. The molecule has 204 valence electrons. The number of allylic oxidation sites excluding steroid dienone is 1. The van der Waals surface area contributed by atoms with Crippen molar-refractivity contribution in [3.63, 3.8) is 0 Å². The van der Waals surface area contributed by atoms with Gasteiger partial charge in [-0.15, -0.1) is 0 Å². The second-order valence-corrected chi connectivity index (χ2v) is 10.6. The lowest BCUT2D eigenvalue weighted by atomic mass is 9.83. The Labute approximate surface area is 227 Å². The number of hydrogen-bond acceptors (Lipinski definition) is 6. The van der Waals surface area contributed by atoms with Crippen molar-refractivity contribution in [2.24, 2.45) is 11.1 Å². The van der Waals surface area contributed by atoms with Crippen LogP contribution in [0, 0.1) is 5.41 Å². The van der Waals surface area contributed by atoms with Crippen molar-refractivity contribution in [1.29, 1.82) is 0 Å². The number of benzene rings is 2. The molecule has 1 atom stereocenters. The molecule has 8 nitrogen and oxygen atoms in total. The Morgan fingerprint density at radius 2 is 1.72 bits per heavy atom. The summed E-state index contributed by atoms with van der Waals surface area (Å²) in [5.41, 5.74) is 9.00. The van der Waals surface area contributed by atoms with Gasteiger partial charge in [0.2, 0.25) is 5.91 Å². The van der Waals surface area contributed by atoms with Gasteiger partial charge in [-0.3, -0.25) is 19.2 Å². The highest BCUT2D eigenvalue weighted by Gasteiger charge is 2.39. The number of Topliss-reactive ketones (excluding diaryl/α,β-unsaturated/α-hetero) is 1. The molecule has 1 amide bonds. The van der Waals surface area contributed by atoms with Gasteiger partial charge in [0.1, 0.15) is 6.61 Å². The van der Waals surface area contributed by atoms with Crippen LogP contribution in [-0.4, -0.2) is 41.3 Å². The average Bonchev–Trinajstić information content (AvgIpc) is 3.50. The van der Waals surface area contributed by atoms with Crippen molar-refractivity contribution in [1.82, 2.24) is 4.98 Å². The number of aromatic nitrogens is 1. The first kappa shape index (κ1) is 27.8. The molecule has 0 aliphatic heterocycles. The normalized spacial score (nSPS) is 13.4. The molecule has 3 N–H and O–H groups in total. The summed E-state index contributed by atoms with van der Waals surface area (Å²) in [6.07, 6.45) is 3.77. The number of carbonyl (C=O) groups is 4. The number of carbonyl (C=O) groups excluding carboxylic acids is 4. The number of H-pyrrole nitrogens is 1. The maximum atomic E-state index is 13.2. The summed E-state index contributed by atoms with van der Waals surface area (Å²) < 4.78 is 11.3. The fraction of sp³-hybridized carbons (Fsp3) is 0.355. The third kappa shape index (κ3) is 7.02. The number of rotatable bonds is 13. The molecule has 1 aromatic heterocycles. The maximum absolute atomic E-state index is 13.2. The van der Waals surface area contributed by atoms with E-state index < -0.39 is 29.4 Å². The van der Waals surface area contributed by atoms with Gasteiger partial charge >= 0.3 is 11.9 Å². The number of hydrogen-bond donors (Lipinski definition) is 2. The number of fused-ring (bicyclic) bond motifs is 2. The van der Waals surface area contributed by atoms with Crippen molar-refractivity contribution in [3.05, 3.63) is 77.5 Å². The first-order chi connectivity index (χ1) is 18.6. The van der Waals surface area contributed by atoms with E-state index in [-0.39, 0.29) is 44.5 Å². The topological polar surface area (TPSA) is 129 Å². The predicted octanol–water partition coefficient (Wildman–Crippen LogP) is 4.45. The van der Waals surface area contributed by atoms with E-state index in [1.807, 2.05) is 54.6 Å². The van der Waals surface area contributed by atoms with Crippen LogP contribution in [-0.2, 0) is 41.5 Å². The molecule has 0 saturated carbocycles. The number of nitrogens with two attached hydrogens (primary N) is 1. The van der Waals surface area contributed by atoms with Crippen LogP contribution >= 0.6 is 0 Å². The van der Waals surface area contributed by atoms with Gasteiger partial charge < -0.3 is 20.2 Å². The lowest BCUT2D eigenvalue weighted by Gasteiger charge is -2.32. The van der Waals surface area contributed by atoms with E-state index in [1.54, 1.807) is 20.0 Å². The molecule has 0 fully saturated rings. The number of aromatic amines is 1. The molecule has 0 spiro atoms. The van der Waals surface area contributed by atoms with E-state index >= 15 is 0 Å². The van der Waals surface area contributed by atoms with Crippen LogP contribution in [0.1, 0.15) is 56.2 Å². The lowest BCUT2D eigenvalue weighted by molar-refractivity contribution is -0.167. The van der Waals surface area contributed by atoms with Crippen LogP contribution < -0.4 is 5.73 Å². The molecule has 4 rings (SSSR count). The van der Waals surface area contributed by atoms with Gasteiger partial charge in [-0.05, 0) is 41.2 Å². The van der Waals surface area contributed by atoms with E-state index in [0.29, 0.717) is 0 Å². The van der Waals surface area contributed by atoms with Gasteiger partial charge in [-0.1, -0.05) is 62.4 Å². The summed E-state index contributed by atoms with van der Waals surface area (Å²) in [6, 6.07) is 15.5. The number of primary amides is 1. The molecule has 0 unspecified atom stereocenters. The summed E-state index contributed by atoms with van der Waals surface area (Å²) in [5.74, 6) is -1.85. The third-order valence-electron chi connectivity index (χ3n) is 6.98. The number of amides is 1. The Hall–Kier alpha value is -4.20. The van der Waals surface area contributed by atoms with Gasteiger partial charge in [0.05, 0.1) is 12.8 Å². The molecule has 1 heterocycles. The summed E-state index contributed by atoms with van der Waals surface area (Å²) in [7, 11) is 0. The Kier molecular flexibility index (Phi) is 8.64. The number of esters is 2. The fourth-order valence-electron chi connectivity index (χ4n) is 4.91. The molecule has 39 heavy (non-hydrogen) atoms. The average molecular weight is 531 g/mol. The van der Waals surface area contributed by atoms with Gasteiger partial charge in [0, 0.05) is 35.4 Å². The Balaban J connectivity index is 1.41. The first-order valence-electron chi connectivity index (χ1n) is 13.1. The number of nitrogens with one attached hydrogen (secondary N) is 1. The highest BCUT2D eigenvalue weighted by Crippen LogP contribution is 2.31. The minimum atomic E-state index is -1.16. The molecular formula is C31H34N2O6. The minimum Gasteiger partial charge on any atom is -0.465 e. The van der Waals surface area contributed by atoms with Gasteiger partial charge in [0.25, 0.3) is 0 Å². The Bertz CT molecular complexity index is 1420. The summed E-state index contributed by atoms with van der Waals surface area (Å²) in [5, 5.41) is 0.898. The molecule has 1 aliphatic carbocycles. The van der Waals surface area contributed by atoms with Crippen LogP contribution in [0.4, 0.5) is 0 Å². The van der Waals surface area contributed by atoms with E-state index in [2.05, 4.69) is 4.98 Å². The number of ketones is 1. The van der Waals surface area contributed by atoms with Crippen molar-refractivity contribution >= 4 is 40.1 Å². The lowest BCUT2D eigenvalue weighted by Crippen LogP contribution is -2.44. The van der Waals surface area contributed by atoms with Crippen molar-refractivity contribution in [2.45, 2.75) is 58.5 Å². The van der Waals surface area contributed by atoms with Crippen LogP contribution in [0.5, 0.6) is 0 Å². The van der Waals surface area contributed by atoms with Gasteiger partial charge in [-0.25, -0.2) is 0 Å². The van der Waals surface area contributed by atoms with Crippen LogP contribution in [0.15, 0.2) is 60.8 Å². The summed E-state index contributed by atoms with van der Waals surface area (Å²) in [6.45, 7) is 3.33. The zero-order valence-electron chi connectivity index (χ0n) is 22.3. The number of para-hydroxylation sites is 1. The Morgan fingerprint density at radius 1 is 0.974 bits per heavy atom. The first-order valence-corrected chi connectivity index (χ1v) is 13.1. The van der Waals surface area contributed by atoms with Crippen LogP contribution in [0.25, 0.3) is 16.5 Å². The molecule has 3 aromatic rings. The maximum Gasteiger partial charge on any atom is 0.311 e. The van der Waals surface area contributed by atoms with E-state index in [9.17, 15) is 19.2 Å². The monoisotopic (exact) mass is 530 g/mol. The van der Waals surface area contributed by atoms with E-state index in [0.717, 1.165) is 34.0 Å². The zero-order chi connectivity index (χ0) is 28.0. The SMILES string of the molecule is CC(C)(COC(=O)CC1=CCc2ccccc21)[C@@H](OC(=O)Cc1c[nH]c2ccccc12)C(=O)CCCC(N)=O. The Morgan fingerprint density at radius 3 is 2.51 bits per heavy atom. The third-order valence-corrected chi connectivity index (χ3v) is 6.98. The van der Waals surface area contributed by atoms with Crippen molar-refractivity contribution in [3.8, 4) is 0 Å². The second-order valence-electron chi connectivity index (χ2n) is 10.6. The van der Waals surface area contributed by atoms with Crippen LogP contribution in [0.2, 0.25) is 0 Å². The second kappa shape index (κ2) is 12.1. The molecule has 0 bridgehead atoms. The molecule has 0 saturated heterocycles. The smallest absolute Gasteiger partial charge is 0.311 e. The minimum absolute atomic E-state index is 0.00895. The fourth-order valence-corrected chi connectivity index (χ4v) is 4.91. The highest BCUT2D eigenvalue weighted by molar-refractivity contribution is 5.90. The van der Waals surface area contributed by atoms with E-state index in [4.69, 9.17) is 15.2 Å².